The van der Waals surface area contributed by atoms with Crippen LogP contribution in [0.25, 0.3) is 0 Å². The number of nitrogens with one attached hydrogen (secondary N) is 1. The van der Waals surface area contributed by atoms with E-state index in [0.717, 1.165) is 21.8 Å². The average Bonchev–Trinajstić information content (AvgIpc) is 3.28. The third kappa shape index (κ3) is 3.22. The van der Waals surface area contributed by atoms with Gasteiger partial charge in [-0.1, -0.05) is 53.8 Å². The number of benzene rings is 2. The Morgan fingerprint density at radius 2 is 1.63 bits per heavy atom. The number of fused-ring (bicyclic) bond motifs is 1. The van der Waals surface area contributed by atoms with Gasteiger partial charge in [-0.25, -0.2) is 0 Å². The molecule has 27 heavy (non-hydrogen) atoms. The number of carbonyl (C=O) groups is 3. The molecule has 134 valence electrons. The normalized spacial score (nSPS) is 14.1. The Hall–Kier alpha value is -3.39. The maximum Gasteiger partial charge on any atom is 0.262 e. The summed E-state index contributed by atoms with van der Waals surface area (Å²) in [6.07, 6.45) is 0.205. The van der Waals surface area contributed by atoms with Gasteiger partial charge in [-0.15, -0.1) is 10.2 Å². The molecule has 1 aliphatic heterocycles. The lowest BCUT2D eigenvalue weighted by atomic mass is 10.0. The van der Waals surface area contributed by atoms with Gasteiger partial charge in [-0.05, 0) is 17.7 Å². The molecule has 1 N–H and O–H groups in total. The van der Waals surface area contributed by atoms with Crippen LogP contribution in [0, 0.1) is 0 Å². The topological polar surface area (TPSA) is 92.3 Å². The molecule has 0 saturated carbocycles. The number of amides is 3. The van der Waals surface area contributed by atoms with E-state index in [2.05, 4.69) is 15.5 Å². The van der Waals surface area contributed by atoms with Gasteiger partial charge in [-0.2, -0.15) is 0 Å². The third-order valence-corrected chi connectivity index (χ3v) is 4.91. The van der Waals surface area contributed by atoms with Gasteiger partial charge in [0.15, 0.2) is 0 Å². The van der Waals surface area contributed by atoms with E-state index in [1.165, 1.54) is 5.51 Å². The second-order valence-electron chi connectivity index (χ2n) is 5.96. The predicted octanol–water partition coefficient (Wildman–Crippen LogP) is 2.38. The van der Waals surface area contributed by atoms with Crippen LogP contribution in [0.15, 0.2) is 60.1 Å². The fourth-order valence-corrected chi connectivity index (χ4v) is 3.49. The highest BCUT2D eigenvalue weighted by Gasteiger charge is 2.42. The van der Waals surface area contributed by atoms with E-state index in [4.69, 9.17) is 0 Å². The smallest absolute Gasteiger partial charge is 0.262 e. The first-order chi connectivity index (χ1) is 13.1. The summed E-state index contributed by atoms with van der Waals surface area (Å²) in [6.45, 7) is 0. The molecule has 1 unspecified atom stereocenters. The molecule has 3 aromatic rings. The van der Waals surface area contributed by atoms with Crippen molar-refractivity contribution in [2.75, 3.05) is 5.32 Å². The average molecular weight is 378 g/mol. The molecule has 0 spiro atoms. The fourth-order valence-electron chi connectivity index (χ4n) is 3.05. The van der Waals surface area contributed by atoms with Gasteiger partial charge in [0, 0.05) is 6.42 Å². The van der Waals surface area contributed by atoms with Gasteiger partial charge >= 0.3 is 0 Å². The van der Waals surface area contributed by atoms with Crippen LogP contribution in [0.5, 0.6) is 0 Å². The Balaban J connectivity index is 1.68. The fraction of sp³-hybridized carbons (Fsp3) is 0.105. The molecule has 0 fully saturated rings. The van der Waals surface area contributed by atoms with Crippen molar-refractivity contribution in [2.45, 2.75) is 12.5 Å². The lowest BCUT2D eigenvalue weighted by Crippen LogP contribution is -2.48. The van der Waals surface area contributed by atoms with Gasteiger partial charge in [0.25, 0.3) is 11.8 Å². The molecule has 1 aromatic heterocycles. The SMILES string of the molecule is O=C(Nc1nncs1)C(Cc1ccccc1)N1C(=O)c2ccccc2C1=O. The minimum absolute atomic E-state index is 0.205. The molecule has 1 aliphatic rings. The molecule has 1 atom stereocenters. The van der Waals surface area contributed by atoms with Crippen molar-refractivity contribution in [2.24, 2.45) is 0 Å². The van der Waals surface area contributed by atoms with E-state index >= 15 is 0 Å². The Morgan fingerprint density at radius 3 is 2.22 bits per heavy atom. The predicted molar refractivity (Wildman–Crippen MR) is 99.4 cm³/mol. The Morgan fingerprint density at radius 1 is 1.00 bits per heavy atom. The van der Waals surface area contributed by atoms with Crippen LogP contribution in [0.4, 0.5) is 5.13 Å². The van der Waals surface area contributed by atoms with Crippen LogP contribution in [-0.2, 0) is 11.2 Å². The molecular formula is C19H14N4O3S. The summed E-state index contributed by atoms with van der Waals surface area (Å²) >= 11 is 1.16. The zero-order valence-electron chi connectivity index (χ0n) is 14.0. The third-order valence-electron chi connectivity index (χ3n) is 4.30. The van der Waals surface area contributed by atoms with E-state index in [0.29, 0.717) is 16.3 Å². The first kappa shape index (κ1) is 17.0. The van der Waals surface area contributed by atoms with E-state index in [9.17, 15) is 14.4 Å². The van der Waals surface area contributed by atoms with Gasteiger partial charge in [0.2, 0.25) is 11.0 Å². The number of hydrogen-bond acceptors (Lipinski definition) is 6. The molecule has 0 radical (unpaired) electrons. The lowest BCUT2D eigenvalue weighted by molar-refractivity contribution is -0.119. The van der Waals surface area contributed by atoms with Crippen LogP contribution in [0.3, 0.4) is 0 Å². The van der Waals surface area contributed by atoms with Crippen LogP contribution in [-0.4, -0.2) is 38.9 Å². The Labute approximate surface area is 158 Å². The monoisotopic (exact) mass is 378 g/mol. The van der Waals surface area contributed by atoms with E-state index in [1.54, 1.807) is 24.3 Å². The van der Waals surface area contributed by atoms with Crippen molar-refractivity contribution in [1.29, 1.82) is 0 Å². The lowest BCUT2D eigenvalue weighted by Gasteiger charge is -2.25. The molecule has 2 aromatic carbocycles. The van der Waals surface area contributed by atoms with E-state index in [1.807, 2.05) is 30.3 Å². The summed E-state index contributed by atoms with van der Waals surface area (Å²) in [4.78, 5) is 39.7. The number of hydrogen-bond donors (Lipinski definition) is 1. The molecule has 4 rings (SSSR count). The number of anilines is 1. The van der Waals surface area contributed by atoms with Crippen LogP contribution in [0.1, 0.15) is 26.3 Å². The zero-order chi connectivity index (χ0) is 18.8. The summed E-state index contributed by atoms with van der Waals surface area (Å²) in [6, 6.07) is 14.8. The number of nitrogens with zero attached hydrogens (tertiary/aromatic N) is 3. The summed E-state index contributed by atoms with van der Waals surface area (Å²) in [5, 5.41) is 10.4. The zero-order valence-corrected chi connectivity index (χ0v) is 14.8. The Bertz CT molecular complexity index is 970. The highest BCUT2D eigenvalue weighted by atomic mass is 32.1. The summed E-state index contributed by atoms with van der Waals surface area (Å²) in [5.74, 6) is -1.42. The highest BCUT2D eigenvalue weighted by Crippen LogP contribution is 2.26. The number of carbonyl (C=O) groups excluding carboxylic acids is 3. The molecule has 7 nitrogen and oxygen atoms in total. The van der Waals surface area contributed by atoms with Crippen LogP contribution < -0.4 is 5.32 Å². The minimum Gasteiger partial charge on any atom is -0.299 e. The molecular weight excluding hydrogens is 364 g/mol. The molecule has 2 heterocycles. The summed E-state index contributed by atoms with van der Waals surface area (Å²) in [7, 11) is 0. The van der Waals surface area contributed by atoms with Gasteiger partial charge in [0.1, 0.15) is 11.6 Å². The quantitative estimate of drug-likeness (QED) is 0.688. The number of rotatable bonds is 5. The maximum atomic E-state index is 12.9. The van der Waals surface area contributed by atoms with Gasteiger partial charge in [0.05, 0.1) is 11.1 Å². The van der Waals surface area contributed by atoms with E-state index < -0.39 is 23.8 Å². The standard InChI is InChI=1S/C19H14N4O3S/c24-16(21-19-22-20-11-27-19)15(10-12-6-2-1-3-7-12)23-17(25)13-8-4-5-9-14(13)18(23)26/h1-9,11,15H,10H2,(H,21,22,24). The Kier molecular flexibility index (Phi) is 4.47. The van der Waals surface area contributed by atoms with Crippen molar-refractivity contribution < 1.29 is 14.4 Å². The first-order valence-electron chi connectivity index (χ1n) is 8.23. The molecule has 0 saturated heterocycles. The summed E-state index contributed by atoms with van der Waals surface area (Å²) < 4.78 is 0. The second kappa shape index (κ2) is 7.08. The second-order valence-corrected chi connectivity index (χ2v) is 6.80. The summed E-state index contributed by atoms with van der Waals surface area (Å²) in [5.41, 5.74) is 2.95. The van der Waals surface area contributed by atoms with Crippen molar-refractivity contribution in [3.8, 4) is 0 Å². The number of aromatic nitrogens is 2. The van der Waals surface area contributed by atoms with Crippen LogP contribution in [0.2, 0.25) is 0 Å². The largest absolute Gasteiger partial charge is 0.299 e. The van der Waals surface area contributed by atoms with Crippen molar-refractivity contribution in [3.05, 3.63) is 76.8 Å². The van der Waals surface area contributed by atoms with Crippen molar-refractivity contribution in [3.63, 3.8) is 0 Å². The van der Waals surface area contributed by atoms with Crippen molar-refractivity contribution in [1.82, 2.24) is 15.1 Å². The highest BCUT2D eigenvalue weighted by molar-refractivity contribution is 7.13. The number of imide groups is 1. The van der Waals surface area contributed by atoms with Crippen LogP contribution >= 0.6 is 11.3 Å². The van der Waals surface area contributed by atoms with Gasteiger partial charge in [-0.3, -0.25) is 24.6 Å². The van der Waals surface area contributed by atoms with Gasteiger partial charge < -0.3 is 0 Å². The first-order valence-corrected chi connectivity index (χ1v) is 9.11. The van der Waals surface area contributed by atoms with E-state index in [-0.39, 0.29) is 6.42 Å². The molecule has 8 heteroatoms. The van der Waals surface area contributed by atoms with Crippen molar-refractivity contribution >= 4 is 34.2 Å². The molecule has 3 amide bonds. The molecule has 0 bridgehead atoms. The maximum absolute atomic E-state index is 12.9. The molecule has 0 aliphatic carbocycles. The minimum atomic E-state index is -0.997.